The quantitative estimate of drug-likeness (QED) is 0.697. The van der Waals surface area contributed by atoms with Gasteiger partial charge in [0.25, 0.3) is 5.91 Å². The number of amides is 3. The molecule has 2 aliphatic rings. The average Bonchev–Trinajstić information content (AvgIpc) is 2.73. The maximum Gasteiger partial charge on any atom is 0.262 e. The van der Waals surface area contributed by atoms with Crippen LogP contribution in [-0.2, 0) is 30.8 Å². The lowest BCUT2D eigenvalue weighted by molar-refractivity contribution is -0.149. The summed E-state index contributed by atoms with van der Waals surface area (Å²) in [6.45, 7) is -0.809. The molecule has 1 saturated heterocycles. The highest BCUT2D eigenvalue weighted by atomic mass is 32.2. The lowest BCUT2D eigenvalue weighted by Crippen LogP contribution is -2.55. The lowest BCUT2D eigenvalue weighted by atomic mass is 10.1. The number of anilines is 1. The Morgan fingerprint density at radius 1 is 0.967 bits per heavy atom. The topological polar surface area (TPSA) is 113 Å². The molecule has 2 aromatic rings. The maximum atomic E-state index is 13.0. The Labute approximate surface area is 173 Å². The summed E-state index contributed by atoms with van der Waals surface area (Å²) in [5.74, 6) is -1.18. The molecule has 1 fully saturated rings. The number of imide groups is 1. The molecule has 0 spiro atoms. The minimum absolute atomic E-state index is 0.134. The van der Waals surface area contributed by atoms with Crippen LogP contribution in [-0.4, -0.2) is 61.6 Å². The monoisotopic (exact) mass is 429 g/mol. The zero-order valence-corrected chi connectivity index (χ0v) is 16.7. The van der Waals surface area contributed by atoms with Crippen LogP contribution >= 0.6 is 0 Å². The number of carbonyl (C=O) groups excluding carboxylic acids is 3. The molecule has 156 valence electrons. The Morgan fingerprint density at radius 2 is 1.67 bits per heavy atom. The van der Waals surface area contributed by atoms with Crippen LogP contribution in [0.15, 0.2) is 53.4 Å². The highest BCUT2D eigenvalue weighted by Crippen LogP contribution is 2.31. The van der Waals surface area contributed by atoms with Crippen LogP contribution in [0, 0.1) is 0 Å². The van der Waals surface area contributed by atoms with Crippen molar-refractivity contribution in [1.82, 2.24) is 9.21 Å². The zero-order chi connectivity index (χ0) is 21.3. The van der Waals surface area contributed by atoms with Crippen molar-refractivity contribution in [2.75, 3.05) is 31.6 Å². The standard InChI is InChI=1S/C20H19N3O6S/c24-18-13-29-17-7-6-15(10-16(17)21-18)30(27,28)22-11-19(25)23(20(26)12-22)9-8-14-4-2-1-3-5-14/h1-7,10H,8-9,11-13H2,(H,21,24). The van der Waals surface area contributed by atoms with Crippen LogP contribution in [0.5, 0.6) is 5.75 Å². The number of hydrogen-bond donors (Lipinski definition) is 1. The van der Waals surface area contributed by atoms with Crippen LogP contribution in [0.4, 0.5) is 5.69 Å². The number of benzene rings is 2. The first-order valence-electron chi connectivity index (χ1n) is 9.28. The van der Waals surface area contributed by atoms with E-state index in [4.69, 9.17) is 4.74 Å². The Morgan fingerprint density at radius 3 is 2.37 bits per heavy atom. The fourth-order valence-electron chi connectivity index (χ4n) is 3.34. The Bertz CT molecular complexity index is 1100. The fraction of sp³-hybridized carbons (Fsp3) is 0.250. The van der Waals surface area contributed by atoms with Crippen LogP contribution < -0.4 is 10.1 Å². The second-order valence-electron chi connectivity index (χ2n) is 6.94. The Balaban J connectivity index is 1.49. The smallest absolute Gasteiger partial charge is 0.262 e. The van der Waals surface area contributed by atoms with Gasteiger partial charge in [-0.2, -0.15) is 4.31 Å². The first-order valence-corrected chi connectivity index (χ1v) is 10.7. The first kappa shape index (κ1) is 20.0. The summed E-state index contributed by atoms with van der Waals surface area (Å²) in [6.07, 6.45) is 0.496. The fourth-order valence-corrected chi connectivity index (χ4v) is 4.71. The molecule has 9 nitrogen and oxygen atoms in total. The molecule has 0 aliphatic carbocycles. The van der Waals surface area contributed by atoms with E-state index < -0.39 is 40.8 Å². The third-order valence-corrected chi connectivity index (χ3v) is 6.70. The number of rotatable bonds is 5. The second kappa shape index (κ2) is 7.88. The van der Waals surface area contributed by atoms with Crippen molar-refractivity contribution >= 4 is 33.4 Å². The van der Waals surface area contributed by atoms with Crippen molar-refractivity contribution in [1.29, 1.82) is 0 Å². The van der Waals surface area contributed by atoms with Crippen LogP contribution in [0.2, 0.25) is 0 Å². The third-order valence-electron chi connectivity index (χ3n) is 4.91. The molecular weight excluding hydrogens is 410 g/mol. The summed E-state index contributed by atoms with van der Waals surface area (Å²) in [6, 6.07) is 13.4. The molecule has 0 bridgehead atoms. The van der Waals surface area contributed by atoms with Crippen molar-refractivity contribution in [2.45, 2.75) is 11.3 Å². The molecule has 30 heavy (non-hydrogen) atoms. The number of fused-ring (bicyclic) bond motifs is 1. The molecule has 1 N–H and O–H groups in total. The van der Waals surface area contributed by atoms with Crippen molar-refractivity contribution < 1.29 is 27.5 Å². The van der Waals surface area contributed by atoms with E-state index in [0.29, 0.717) is 12.2 Å². The van der Waals surface area contributed by atoms with Crippen molar-refractivity contribution in [3.8, 4) is 5.75 Å². The predicted molar refractivity (Wildman–Crippen MR) is 106 cm³/mol. The van der Waals surface area contributed by atoms with Gasteiger partial charge in [0.1, 0.15) is 5.75 Å². The molecular formula is C20H19N3O6S. The zero-order valence-electron chi connectivity index (χ0n) is 15.9. The van der Waals surface area contributed by atoms with E-state index in [-0.39, 0.29) is 23.7 Å². The predicted octanol–water partition coefficient (Wildman–Crippen LogP) is 0.620. The minimum atomic E-state index is -4.11. The number of hydrogen-bond acceptors (Lipinski definition) is 6. The summed E-state index contributed by atoms with van der Waals surface area (Å²) in [4.78, 5) is 37.5. The molecule has 10 heteroatoms. The SMILES string of the molecule is O=C1COc2ccc(S(=O)(=O)N3CC(=O)N(CCc4ccccc4)C(=O)C3)cc2N1. The Hall–Kier alpha value is -3.24. The second-order valence-corrected chi connectivity index (χ2v) is 8.88. The summed E-state index contributed by atoms with van der Waals surface area (Å²) < 4.78 is 32.0. The van der Waals surface area contributed by atoms with Crippen LogP contribution in [0.1, 0.15) is 5.56 Å². The van der Waals surface area contributed by atoms with Crippen molar-refractivity contribution in [3.63, 3.8) is 0 Å². The van der Waals surface area contributed by atoms with Gasteiger partial charge < -0.3 is 10.1 Å². The summed E-state index contributed by atoms with van der Waals surface area (Å²) in [5.41, 5.74) is 1.21. The average molecular weight is 429 g/mol. The molecule has 2 aromatic carbocycles. The van der Waals surface area contributed by atoms with Gasteiger partial charge in [-0.05, 0) is 30.2 Å². The largest absolute Gasteiger partial charge is 0.482 e. The van der Waals surface area contributed by atoms with Crippen LogP contribution in [0.3, 0.4) is 0 Å². The van der Waals surface area contributed by atoms with E-state index in [9.17, 15) is 22.8 Å². The molecule has 2 heterocycles. The molecule has 0 aromatic heterocycles. The number of sulfonamides is 1. The van der Waals surface area contributed by atoms with Gasteiger partial charge in [-0.15, -0.1) is 0 Å². The van der Waals surface area contributed by atoms with Gasteiger partial charge in [0.05, 0.1) is 23.7 Å². The third kappa shape index (κ3) is 3.91. The normalized spacial score (nSPS) is 17.3. The Kier molecular flexibility index (Phi) is 5.27. The maximum absolute atomic E-state index is 13.0. The van der Waals surface area contributed by atoms with E-state index in [1.165, 1.54) is 18.2 Å². The highest BCUT2D eigenvalue weighted by molar-refractivity contribution is 7.89. The van der Waals surface area contributed by atoms with Gasteiger partial charge in [0.15, 0.2) is 6.61 Å². The van der Waals surface area contributed by atoms with Gasteiger partial charge in [-0.1, -0.05) is 30.3 Å². The molecule has 0 atom stereocenters. The molecule has 3 amide bonds. The molecule has 0 unspecified atom stereocenters. The minimum Gasteiger partial charge on any atom is -0.482 e. The lowest BCUT2D eigenvalue weighted by Gasteiger charge is -2.32. The van der Waals surface area contributed by atoms with Gasteiger partial charge in [0.2, 0.25) is 21.8 Å². The van der Waals surface area contributed by atoms with Gasteiger partial charge in [-0.3, -0.25) is 19.3 Å². The number of carbonyl (C=O) groups is 3. The van der Waals surface area contributed by atoms with E-state index in [0.717, 1.165) is 14.8 Å². The van der Waals surface area contributed by atoms with Crippen molar-refractivity contribution in [2.24, 2.45) is 0 Å². The number of nitrogens with zero attached hydrogens (tertiary/aromatic N) is 2. The molecule has 2 aliphatic heterocycles. The first-order chi connectivity index (χ1) is 14.3. The molecule has 0 radical (unpaired) electrons. The van der Waals surface area contributed by atoms with E-state index in [1.54, 1.807) is 0 Å². The van der Waals surface area contributed by atoms with E-state index >= 15 is 0 Å². The summed E-state index contributed by atoms with van der Waals surface area (Å²) in [5, 5.41) is 2.54. The van der Waals surface area contributed by atoms with Gasteiger partial charge in [0, 0.05) is 6.54 Å². The van der Waals surface area contributed by atoms with Crippen LogP contribution in [0.25, 0.3) is 0 Å². The van der Waals surface area contributed by atoms with Gasteiger partial charge in [-0.25, -0.2) is 8.42 Å². The number of piperazine rings is 1. The number of nitrogens with one attached hydrogen (secondary N) is 1. The van der Waals surface area contributed by atoms with E-state index in [1.807, 2.05) is 30.3 Å². The van der Waals surface area contributed by atoms with Crippen molar-refractivity contribution in [3.05, 3.63) is 54.1 Å². The highest BCUT2D eigenvalue weighted by Gasteiger charge is 2.38. The summed E-state index contributed by atoms with van der Waals surface area (Å²) >= 11 is 0. The molecule has 4 rings (SSSR count). The molecule has 0 saturated carbocycles. The van der Waals surface area contributed by atoms with E-state index in [2.05, 4.69) is 5.32 Å². The number of ether oxygens (including phenoxy) is 1. The van der Waals surface area contributed by atoms with Gasteiger partial charge >= 0.3 is 0 Å². The summed E-state index contributed by atoms with van der Waals surface area (Å²) in [7, 11) is -4.11.